The third kappa shape index (κ3) is 4.37. The molecule has 0 fully saturated rings. The first-order valence-electron chi connectivity index (χ1n) is 5.93. The Kier molecular flexibility index (Phi) is 5.53. The molecule has 0 spiro atoms. The van der Waals surface area contributed by atoms with Crippen molar-refractivity contribution in [1.29, 1.82) is 0 Å². The second kappa shape index (κ2) is 7.13. The Labute approximate surface area is 120 Å². The van der Waals surface area contributed by atoms with Crippen molar-refractivity contribution in [3.05, 3.63) is 23.8 Å². The van der Waals surface area contributed by atoms with Crippen molar-refractivity contribution >= 4 is 23.5 Å². The number of benzene rings is 1. The number of carboxylic acids is 1. The van der Waals surface area contributed by atoms with Crippen LogP contribution in [-0.2, 0) is 14.3 Å². The highest BCUT2D eigenvalue weighted by Gasteiger charge is 2.25. The van der Waals surface area contributed by atoms with Crippen molar-refractivity contribution in [3.63, 3.8) is 0 Å². The van der Waals surface area contributed by atoms with Crippen LogP contribution in [0, 0.1) is 0 Å². The van der Waals surface area contributed by atoms with Crippen molar-refractivity contribution in [2.75, 3.05) is 20.0 Å². The van der Waals surface area contributed by atoms with Gasteiger partial charge in [0.05, 0.1) is 26.2 Å². The summed E-state index contributed by atoms with van der Waals surface area (Å²) in [6, 6.07) is 2.92. The summed E-state index contributed by atoms with van der Waals surface area (Å²) < 4.78 is 9.40. The van der Waals surface area contributed by atoms with Crippen LogP contribution >= 0.6 is 0 Å². The van der Waals surface area contributed by atoms with Gasteiger partial charge in [-0.1, -0.05) is 0 Å². The van der Waals surface area contributed by atoms with E-state index < -0.39 is 30.3 Å². The maximum Gasteiger partial charge on any atom is 0.326 e. The second-order valence-corrected chi connectivity index (χ2v) is 4.10. The zero-order chi connectivity index (χ0) is 16.0. The van der Waals surface area contributed by atoms with Gasteiger partial charge < -0.3 is 25.6 Å². The Morgan fingerprint density at radius 3 is 2.52 bits per heavy atom. The first kappa shape index (κ1) is 16.3. The Balaban J connectivity index is 2.92. The fourth-order valence-corrected chi connectivity index (χ4v) is 1.58. The summed E-state index contributed by atoms with van der Waals surface area (Å²) in [5, 5.41) is 11.2. The first-order valence-corrected chi connectivity index (χ1v) is 5.93. The molecule has 0 aliphatic heterocycles. The number of hydrogen-bond acceptors (Lipinski definition) is 6. The molecular formula is C13H16N2O6. The highest BCUT2D eigenvalue weighted by Crippen LogP contribution is 2.21. The van der Waals surface area contributed by atoms with Gasteiger partial charge in [-0.2, -0.15) is 0 Å². The van der Waals surface area contributed by atoms with Crippen LogP contribution in [0.2, 0.25) is 0 Å². The van der Waals surface area contributed by atoms with E-state index in [0.717, 1.165) is 7.11 Å². The molecule has 1 atom stereocenters. The zero-order valence-electron chi connectivity index (χ0n) is 11.6. The number of anilines is 1. The van der Waals surface area contributed by atoms with Gasteiger partial charge in [0.2, 0.25) is 0 Å². The maximum atomic E-state index is 12.1. The molecule has 0 aliphatic rings. The number of nitrogens with one attached hydrogen (secondary N) is 1. The minimum absolute atomic E-state index is 0.114. The number of nitrogens with two attached hydrogens (primary N) is 1. The Morgan fingerprint density at radius 1 is 1.33 bits per heavy atom. The van der Waals surface area contributed by atoms with Crippen molar-refractivity contribution in [2.45, 2.75) is 12.5 Å². The SMILES string of the molecule is COC(=O)C[C@H](NC(=O)c1ccc(N)cc1OC)C(=O)O. The van der Waals surface area contributed by atoms with Crippen molar-refractivity contribution < 1.29 is 29.0 Å². The van der Waals surface area contributed by atoms with E-state index in [-0.39, 0.29) is 11.3 Å². The van der Waals surface area contributed by atoms with Gasteiger partial charge in [0.15, 0.2) is 0 Å². The molecule has 0 saturated heterocycles. The number of hydrogen-bond donors (Lipinski definition) is 3. The van der Waals surface area contributed by atoms with Crippen LogP contribution in [0.5, 0.6) is 5.75 Å². The van der Waals surface area contributed by atoms with E-state index in [9.17, 15) is 14.4 Å². The largest absolute Gasteiger partial charge is 0.496 e. The number of aliphatic carboxylic acids is 1. The summed E-state index contributed by atoms with van der Waals surface area (Å²) in [6.07, 6.45) is -0.477. The summed E-state index contributed by atoms with van der Waals surface area (Å²) in [4.78, 5) is 34.3. The van der Waals surface area contributed by atoms with Gasteiger partial charge in [-0.25, -0.2) is 4.79 Å². The molecule has 0 aromatic heterocycles. The molecule has 21 heavy (non-hydrogen) atoms. The Bertz CT molecular complexity index is 558. The normalized spacial score (nSPS) is 11.3. The maximum absolute atomic E-state index is 12.1. The molecule has 0 saturated carbocycles. The van der Waals surface area contributed by atoms with Crippen molar-refractivity contribution in [3.8, 4) is 5.75 Å². The zero-order valence-corrected chi connectivity index (χ0v) is 11.6. The first-order chi connectivity index (χ1) is 9.88. The molecule has 1 rings (SSSR count). The summed E-state index contributed by atoms with van der Waals surface area (Å²) in [5.74, 6) is -2.58. The van der Waals surface area contributed by atoms with E-state index in [0.29, 0.717) is 5.69 Å². The molecule has 0 bridgehead atoms. The van der Waals surface area contributed by atoms with Crippen molar-refractivity contribution in [1.82, 2.24) is 5.32 Å². The monoisotopic (exact) mass is 296 g/mol. The molecule has 114 valence electrons. The van der Waals surface area contributed by atoms with Crippen LogP contribution in [-0.4, -0.2) is 43.2 Å². The molecule has 8 nitrogen and oxygen atoms in total. The van der Waals surface area contributed by atoms with Gasteiger partial charge in [-0.15, -0.1) is 0 Å². The van der Waals surface area contributed by atoms with Crippen LogP contribution in [0.1, 0.15) is 16.8 Å². The fourth-order valence-electron chi connectivity index (χ4n) is 1.58. The predicted octanol–water partition coefficient (Wildman–Crippen LogP) is 0.0235. The lowest BCUT2D eigenvalue weighted by Gasteiger charge is -2.15. The van der Waals surface area contributed by atoms with E-state index in [4.69, 9.17) is 15.6 Å². The molecule has 1 aromatic rings. The Hall–Kier alpha value is -2.77. The van der Waals surface area contributed by atoms with E-state index in [1.807, 2.05) is 0 Å². The van der Waals surface area contributed by atoms with E-state index in [1.54, 1.807) is 0 Å². The average molecular weight is 296 g/mol. The lowest BCUT2D eigenvalue weighted by molar-refractivity contribution is -0.147. The highest BCUT2D eigenvalue weighted by atomic mass is 16.5. The number of carboxylic acid groups (broad SMARTS) is 1. The molecular weight excluding hydrogens is 280 g/mol. The van der Waals surface area contributed by atoms with Crippen LogP contribution in [0.3, 0.4) is 0 Å². The van der Waals surface area contributed by atoms with E-state index >= 15 is 0 Å². The number of nitrogen functional groups attached to an aromatic ring is 1. The predicted molar refractivity (Wildman–Crippen MR) is 72.9 cm³/mol. The van der Waals surface area contributed by atoms with E-state index in [1.165, 1.54) is 25.3 Å². The summed E-state index contributed by atoms with van der Waals surface area (Å²) in [6.45, 7) is 0. The van der Waals surface area contributed by atoms with Crippen LogP contribution in [0.4, 0.5) is 5.69 Å². The van der Waals surface area contributed by atoms with Gasteiger partial charge in [-0.3, -0.25) is 9.59 Å². The van der Waals surface area contributed by atoms with Gasteiger partial charge in [0.1, 0.15) is 11.8 Å². The molecule has 0 radical (unpaired) electrons. The van der Waals surface area contributed by atoms with Gasteiger partial charge in [0.25, 0.3) is 5.91 Å². The third-order valence-electron chi connectivity index (χ3n) is 2.67. The molecule has 1 aromatic carbocycles. The summed E-state index contributed by atoms with van der Waals surface area (Å²) >= 11 is 0. The minimum atomic E-state index is -1.40. The van der Waals surface area contributed by atoms with Gasteiger partial charge in [-0.05, 0) is 12.1 Å². The number of methoxy groups -OCH3 is 2. The molecule has 4 N–H and O–H groups in total. The number of rotatable bonds is 6. The fraction of sp³-hybridized carbons (Fsp3) is 0.308. The molecule has 0 unspecified atom stereocenters. The Morgan fingerprint density at radius 2 is 2.00 bits per heavy atom. The van der Waals surface area contributed by atoms with Crippen LogP contribution in [0.25, 0.3) is 0 Å². The summed E-state index contributed by atoms with van der Waals surface area (Å²) in [5.41, 5.74) is 6.08. The lowest BCUT2D eigenvalue weighted by Crippen LogP contribution is -2.42. The standard InChI is InChI=1S/C13H16N2O6/c1-20-10-5-7(14)3-4-8(10)12(17)15-9(13(18)19)6-11(16)21-2/h3-5,9H,6,14H2,1-2H3,(H,15,17)(H,18,19)/t9-/m0/s1. The molecule has 0 heterocycles. The topological polar surface area (TPSA) is 128 Å². The number of ether oxygens (including phenoxy) is 2. The number of amides is 1. The van der Waals surface area contributed by atoms with Gasteiger partial charge >= 0.3 is 11.9 Å². The number of carbonyl (C=O) groups is 3. The van der Waals surface area contributed by atoms with Crippen molar-refractivity contribution in [2.24, 2.45) is 0 Å². The molecule has 8 heteroatoms. The quantitative estimate of drug-likeness (QED) is 0.498. The minimum Gasteiger partial charge on any atom is -0.496 e. The van der Waals surface area contributed by atoms with Crippen LogP contribution < -0.4 is 15.8 Å². The number of carbonyl (C=O) groups excluding carboxylic acids is 2. The molecule has 1 amide bonds. The van der Waals surface area contributed by atoms with Crippen LogP contribution in [0.15, 0.2) is 18.2 Å². The highest BCUT2D eigenvalue weighted by molar-refractivity contribution is 5.99. The molecule has 0 aliphatic carbocycles. The second-order valence-electron chi connectivity index (χ2n) is 4.10. The van der Waals surface area contributed by atoms with Gasteiger partial charge in [0, 0.05) is 11.8 Å². The lowest BCUT2D eigenvalue weighted by atomic mass is 10.1. The summed E-state index contributed by atoms with van der Waals surface area (Å²) in [7, 11) is 2.49. The third-order valence-corrected chi connectivity index (χ3v) is 2.67. The number of esters is 1. The van der Waals surface area contributed by atoms with E-state index in [2.05, 4.69) is 10.1 Å². The smallest absolute Gasteiger partial charge is 0.326 e. The average Bonchev–Trinajstić information content (AvgIpc) is 2.45.